The molecular weight excluding hydrogens is 292 g/mol. The molecule has 1 saturated heterocycles. The Morgan fingerprint density at radius 2 is 1.86 bits per heavy atom. The highest BCUT2D eigenvalue weighted by Crippen LogP contribution is 2.32. The monoisotopic (exact) mass is 304 g/mol. The topological polar surface area (TPSA) is 52.9 Å². The average Bonchev–Trinajstić information content (AvgIpc) is 2.45. The Morgan fingerprint density at radius 3 is 2.38 bits per heavy atom. The van der Waals surface area contributed by atoms with E-state index in [1.165, 1.54) is 4.90 Å². The van der Waals surface area contributed by atoms with Gasteiger partial charge in [0.1, 0.15) is 5.82 Å². The Bertz CT molecular complexity index is 574. The molecule has 1 aliphatic heterocycles. The summed E-state index contributed by atoms with van der Waals surface area (Å²) in [6, 6.07) is 2.63. The standard InChI is InChI=1S/C13H12F4N2O2/c14-11-9(2-1-3-10(11)13(15,16)17)12(20)19-6-4-8(18-21)5-7-19/h1-3,21H,4-7H2. The lowest BCUT2D eigenvalue weighted by Crippen LogP contribution is -2.39. The molecule has 114 valence electrons. The number of likely N-dealkylation sites (tertiary alicyclic amines) is 1. The average molecular weight is 304 g/mol. The Morgan fingerprint density at radius 1 is 1.24 bits per heavy atom. The summed E-state index contributed by atoms with van der Waals surface area (Å²) in [7, 11) is 0. The number of amides is 1. The second-order valence-electron chi connectivity index (χ2n) is 4.62. The van der Waals surface area contributed by atoms with Gasteiger partial charge < -0.3 is 10.1 Å². The van der Waals surface area contributed by atoms with Crippen LogP contribution in [0.4, 0.5) is 17.6 Å². The van der Waals surface area contributed by atoms with Gasteiger partial charge in [-0.15, -0.1) is 0 Å². The van der Waals surface area contributed by atoms with E-state index in [4.69, 9.17) is 5.21 Å². The fraction of sp³-hybridized carbons (Fsp3) is 0.385. The normalized spacial score (nSPS) is 16.0. The lowest BCUT2D eigenvalue weighted by atomic mass is 10.0. The minimum atomic E-state index is -4.85. The molecule has 21 heavy (non-hydrogen) atoms. The number of benzene rings is 1. The van der Waals surface area contributed by atoms with Crippen LogP contribution in [-0.2, 0) is 6.18 Å². The maximum atomic E-state index is 13.9. The molecule has 8 heteroatoms. The van der Waals surface area contributed by atoms with Crippen molar-refractivity contribution in [3.8, 4) is 0 Å². The second-order valence-corrected chi connectivity index (χ2v) is 4.62. The SMILES string of the molecule is O=C(c1cccc(C(F)(F)F)c1F)N1CCC(=NO)CC1. The summed E-state index contributed by atoms with van der Waals surface area (Å²) >= 11 is 0. The molecule has 2 rings (SSSR count). The molecule has 4 nitrogen and oxygen atoms in total. The van der Waals surface area contributed by atoms with Crippen molar-refractivity contribution in [1.29, 1.82) is 0 Å². The van der Waals surface area contributed by atoms with Crippen molar-refractivity contribution in [1.82, 2.24) is 4.90 Å². The molecule has 0 spiro atoms. The lowest BCUT2D eigenvalue weighted by molar-refractivity contribution is -0.140. The van der Waals surface area contributed by atoms with Crippen molar-refractivity contribution in [2.75, 3.05) is 13.1 Å². The third-order valence-corrected chi connectivity index (χ3v) is 3.30. The van der Waals surface area contributed by atoms with Gasteiger partial charge in [-0.3, -0.25) is 4.79 Å². The highest BCUT2D eigenvalue weighted by molar-refractivity contribution is 5.96. The molecule has 0 aromatic heterocycles. The van der Waals surface area contributed by atoms with Crippen molar-refractivity contribution in [3.05, 3.63) is 35.1 Å². The summed E-state index contributed by atoms with van der Waals surface area (Å²) in [6.07, 6.45) is -4.23. The second kappa shape index (κ2) is 5.71. The zero-order chi connectivity index (χ0) is 15.6. The van der Waals surface area contributed by atoms with Crippen LogP contribution in [0.5, 0.6) is 0 Å². The van der Waals surface area contributed by atoms with Crippen LogP contribution >= 0.6 is 0 Å². The van der Waals surface area contributed by atoms with Crippen LogP contribution in [-0.4, -0.2) is 34.8 Å². The minimum Gasteiger partial charge on any atom is -0.411 e. The fourth-order valence-corrected chi connectivity index (χ4v) is 2.15. The van der Waals surface area contributed by atoms with Crippen LogP contribution < -0.4 is 0 Å². The summed E-state index contributed by atoms with van der Waals surface area (Å²) in [6.45, 7) is 0.349. The molecule has 0 unspecified atom stereocenters. The van der Waals surface area contributed by atoms with Crippen LogP contribution in [0, 0.1) is 5.82 Å². The van der Waals surface area contributed by atoms with Gasteiger partial charge in [-0.1, -0.05) is 11.2 Å². The number of carbonyl (C=O) groups excluding carboxylic acids is 1. The van der Waals surface area contributed by atoms with E-state index in [9.17, 15) is 22.4 Å². The van der Waals surface area contributed by atoms with Gasteiger partial charge >= 0.3 is 6.18 Å². The Kier molecular flexibility index (Phi) is 4.15. The largest absolute Gasteiger partial charge is 0.419 e. The predicted octanol–water partition coefficient (Wildman–Crippen LogP) is 2.91. The first kappa shape index (κ1) is 15.3. The molecular formula is C13H12F4N2O2. The van der Waals surface area contributed by atoms with E-state index >= 15 is 0 Å². The molecule has 1 heterocycles. The first-order valence-corrected chi connectivity index (χ1v) is 6.19. The van der Waals surface area contributed by atoms with Gasteiger partial charge in [-0.2, -0.15) is 13.2 Å². The van der Waals surface area contributed by atoms with E-state index in [0.717, 1.165) is 12.1 Å². The van der Waals surface area contributed by atoms with Gasteiger partial charge in [0.25, 0.3) is 5.91 Å². The molecule has 1 fully saturated rings. The number of carbonyl (C=O) groups is 1. The number of halogens is 4. The maximum absolute atomic E-state index is 13.9. The summed E-state index contributed by atoms with van der Waals surface area (Å²) in [5.74, 6) is -2.35. The Labute approximate surface area is 117 Å². The van der Waals surface area contributed by atoms with Gasteiger partial charge in [0.05, 0.1) is 16.8 Å². The van der Waals surface area contributed by atoms with Gasteiger partial charge in [-0.05, 0) is 12.1 Å². The van der Waals surface area contributed by atoms with E-state index in [1.807, 2.05) is 0 Å². The van der Waals surface area contributed by atoms with Gasteiger partial charge in [0.2, 0.25) is 0 Å². The molecule has 1 N–H and O–H groups in total. The van der Waals surface area contributed by atoms with Crippen LogP contribution in [0.3, 0.4) is 0 Å². The minimum absolute atomic E-state index is 0.175. The van der Waals surface area contributed by atoms with Crippen LogP contribution in [0.25, 0.3) is 0 Å². The third-order valence-electron chi connectivity index (χ3n) is 3.30. The van der Waals surface area contributed by atoms with E-state index in [2.05, 4.69) is 5.16 Å². The molecule has 0 aliphatic carbocycles. The molecule has 0 bridgehead atoms. The molecule has 1 aromatic rings. The predicted molar refractivity (Wildman–Crippen MR) is 65.8 cm³/mol. The third kappa shape index (κ3) is 3.14. The van der Waals surface area contributed by atoms with Crippen LogP contribution in [0.2, 0.25) is 0 Å². The smallest absolute Gasteiger partial charge is 0.411 e. The van der Waals surface area contributed by atoms with E-state index in [0.29, 0.717) is 24.6 Å². The number of hydrogen-bond acceptors (Lipinski definition) is 3. The Balaban J connectivity index is 2.25. The van der Waals surface area contributed by atoms with Gasteiger partial charge in [0.15, 0.2) is 0 Å². The van der Waals surface area contributed by atoms with Gasteiger partial charge in [0, 0.05) is 25.9 Å². The molecule has 1 aromatic carbocycles. The summed E-state index contributed by atoms with van der Waals surface area (Å²) < 4.78 is 51.8. The number of nitrogens with zero attached hydrogens (tertiary/aromatic N) is 2. The van der Waals surface area contributed by atoms with E-state index in [-0.39, 0.29) is 13.1 Å². The first-order valence-electron chi connectivity index (χ1n) is 6.19. The zero-order valence-corrected chi connectivity index (χ0v) is 10.8. The maximum Gasteiger partial charge on any atom is 0.419 e. The van der Waals surface area contributed by atoms with Crippen molar-refractivity contribution in [2.24, 2.45) is 5.16 Å². The van der Waals surface area contributed by atoms with Crippen molar-refractivity contribution >= 4 is 11.6 Å². The zero-order valence-electron chi connectivity index (χ0n) is 10.8. The molecule has 0 atom stereocenters. The summed E-state index contributed by atoms with van der Waals surface area (Å²) in [5, 5.41) is 11.6. The molecule has 0 saturated carbocycles. The van der Waals surface area contributed by atoms with Crippen molar-refractivity contribution in [2.45, 2.75) is 19.0 Å². The molecule has 0 radical (unpaired) electrons. The van der Waals surface area contributed by atoms with Crippen molar-refractivity contribution < 1.29 is 27.6 Å². The number of piperidine rings is 1. The summed E-state index contributed by atoms with van der Waals surface area (Å²) in [4.78, 5) is 13.4. The molecule has 1 aliphatic rings. The van der Waals surface area contributed by atoms with Gasteiger partial charge in [-0.25, -0.2) is 4.39 Å². The van der Waals surface area contributed by atoms with E-state index < -0.39 is 29.0 Å². The highest BCUT2D eigenvalue weighted by Gasteiger charge is 2.36. The molecule has 1 amide bonds. The van der Waals surface area contributed by atoms with Crippen molar-refractivity contribution in [3.63, 3.8) is 0 Å². The summed E-state index contributed by atoms with van der Waals surface area (Å²) in [5.41, 5.74) is -1.55. The Hall–Kier alpha value is -2.12. The highest BCUT2D eigenvalue weighted by atomic mass is 19.4. The fourth-order valence-electron chi connectivity index (χ4n) is 2.15. The van der Waals surface area contributed by atoms with Crippen LogP contribution in [0.1, 0.15) is 28.8 Å². The number of alkyl halides is 3. The number of rotatable bonds is 1. The number of oxime groups is 1. The first-order chi connectivity index (χ1) is 9.84. The number of hydrogen-bond donors (Lipinski definition) is 1. The quantitative estimate of drug-likeness (QED) is 0.493. The van der Waals surface area contributed by atoms with E-state index in [1.54, 1.807) is 0 Å². The van der Waals surface area contributed by atoms with Crippen LogP contribution in [0.15, 0.2) is 23.4 Å². The lowest BCUT2D eigenvalue weighted by Gasteiger charge is -2.27.